The van der Waals surface area contributed by atoms with Crippen LogP contribution in [-0.4, -0.2) is 48.2 Å². The van der Waals surface area contributed by atoms with Crippen molar-refractivity contribution < 1.29 is 24.4 Å². The van der Waals surface area contributed by atoms with E-state index in [9.17, 15) is 10.2 Å². The summed E-state index contributed by atoms with van der Waals surface area (Å²) in [6.45, 7) is 1.30. The highest BCUT2D eigenvalue weighted by atomic mass is 16.6. The summed E-state index contributed by atoms with van der Waals surface area (Å²) in [6.07, 6.45) is 15.1. The quantitative estimate of drug-likeness (QED) is 0.524. The van der Waals surface area contributed by atoms with E-state index in [4.69, 9.17) is 14.2 Å². The van der Waals surface area contributed by atoms with Gasteiger partial charge >= 0.3 is 0 Å². The Balaban J connectivity index is 1.51. The van der Waals surface area contributed by atoms with Crippen LogP contribution < -0.4 is 0 Å². The molecule has 2 aliphatic carbocycles. The maximum absolute atomic E-state index is 9.99. The molecule has 5 nitrogen and oxygen atoms in total. The molecule has 0 aliphatic heterocycles. The van der Waals surface area contributed by atoms with Crippen LogP contribution in [0, 0.1) is 0 Å². The molecule has 2 N–H and O–H groups in total. The van der Waals surface area contributed by atoms with Gasteiger partial charge in [-0.05, 0) is 12.2 Å². The first-order valence-electron chi connectivity index (χ1n) is 7.11. The third-order valence-corrected chi connectivity index (χ3v) is 3.19. The molecule has 2 aliphatic rings. The van der Waals surface area contributed by atoms with Crippen molar-refractivity contribution in [2.45, 2.75) is 24.4 Å². The van der Waals surface area contributed by atoms with E-state index in [0.29, 0.717) is 39.3 Å². The van der Waals surface area contributed by atoms with E-state index in [0.717, 1.165) is 0 Å². The molecule has 0 radical (unpaired) electrons. The van der Waals surface area contributed by atoms with Gasteiger partial charge < -0.3 is 24.4 Å². The second kappa shape index (κ2) is 7.68. The van der Waals surface area contributed by atoms with Gasteiger partial charge in [-0.3, -0.25) is 0 Å². The van der Waals surface area contributed by atoms with Gasteiger partial charge in [0.25, 0.3) is 0 Å². The van der Waals surface area contributed by atoms with Crippen LogP contribution >= 0.6 is 0 Å². The van der Waals surface area contributed by atoms with Crippen molar-refractivity contribution >= 4 is 0 Å². The molecule has 0 saturated carbocycles. The van der Waals surface area contributed by atoms with Crippen LogP contribution in [0.1, 0.15) is 12.8 Å². The lowest BCUT2D eigenvalue weighted by atomic mass is 10.1. The number of aliphatic hydroxyl groups is 2. The van der Waals surface area contributed by atoms with Crippen LogP contribution in [-0.2, 0) is 14.2 Å². The SMILES string of the molecule is OC1(OCCOCCOC2(O)C=CC=CC2)C=CC=CC1. The fraction of sp³-hybridized carbons (Fsp3) is 0.500. The van der Waals surface area contributed by atoms with Crippen molar-refractivity contribution in [2.75, 3.05) is 26.4 Å². The third-order valence-electron chi connectivity index (χ3n) is 3.19. The Bertz CT molecular complexity index is 400. The molecule has 0 amide bonds. The van der Waals surface area contributed by atoms with E-state index in [1.165, 1.54) is 0 Å². The molecule has 2 unspecified atom stereocenters. The Morgan fingerprint density at radius 2 is 1.19 bits per heavy atom. The third kappa shape index (κ3) is 5.57. The maximum atomic E-state index is 9.99. The molecule has 0 spiro atoms. The minimum atomic E-state index is -1.22. The van der Waals surface area contributed by atoms with E-state index in [2.05, 4.69) is 0 Å². The van der Waals surface area contributed by atoms with Gasteiger partial charge in [0.05, 0.1) is 26.4 Å². The van der Waals surface area contributed by atoms with Crippen molar-refractivity contribution in [3.05, 3.63) is 48.6 Å². The molecule has 0 aromatic carbocycles. The standard InChI is InChI=1S/C16H22O5/c17-15(7-3-1-4-8-15)20-13-11-19-12-14-21-16(18)9-5-2-6-10-16/h1-7,9,17-18H,8,10-14H2. The average molecular weight is 294 g/mol. The first kappa shape index (κ1) is 16.1. The molecule has 116 valence electrons. The normalized spacial score (nSPS) is 31.0. The average Bonchev–Trinajstić information content (AvgIpc) is 2.47. The zero-order valence-corrected chi connectivity index (χ0v) is 12.0. The van der Waals surface area contributed by atoms with Crippen LogP contribution in [0.3, 0.4) is 0 Å². The van der Waals surface area contributed by atoms with E-state index < -0.39 is 11.6 Å². The van der Waals surface area contributed by atoms with Gasteiger partial charge in [-0.2, -0.15) is 0 Å². The summed E-state index contributed by atoms with van der Waals surface area (Å²) < 4.78 is 16.1. The first-order valence-corrected chi connectivity index (χ1v) is 7.11. The summed E-state index contributed by atoms with van der Waals surface area (Å²) in [5.74, 6) is -2.44. The minimum Gasteiger partial charge on any atom is -0.377 e. The van der Waals surface area contributed by atoms with Gasteiger partial charge in [-0.1, -0.05) is 36.5 Å². The summed E-state index contributed by atoms with van der Waals surface area (Å²) in [7, 11) is 0. The Hall–Kier alpha value is -1.24. The second-order valence-corrected chi connectivity index (χ2v) is 4.98. The lowest BCUT2D eigenvalue weighted by Crippen LogP contribution is -2.32. The number of ether oxygens (including phenoxy) is 3. The summed E-state index contributed by atoms with van der Waals surface area (Å²) in [5.41, 5.74) is 0. The van der Waals surface area contributed by atoms with Crippen LogP contribution in [0.5, 0.6) is 0 Å². The molecule has 5 heteroatoms. The predicted molar refractivity (Wildman–Crippen MR) is 78.4 cm³/mol. The predicted octanol–water partition coefficient (Wildman–Crippen LogP) is 1.45. The molecule has 0 fully saturated rings. The molecule has 0 bridgehead atoms. The molecule has 0 aromatic rings. The molecule has 21 heavy (non-hydrogen) atoms. The van der Waals surface area contributed by atoms with Crippen LogP contribution in [0.4, 0.5) is 0 Å². The highest BCUT2D eigenvalue weighted by Gasteiger charge is 2.24. The largest absolute Gasteiger partial charge is 0.377 e. The Labute approximate surface area is 124 Å². The second-order valence-electron chi connectivity index (χ2n) is 4.98. The van der Waals surface area contributed by atoms with E-state index in [1.807, 2.05) is 24.3 Å². The maximum Gasteiger partial charge on any atom is 0.189 e. The number of rotatable bonds is 8. The molecule has 2 atom stereocenters. The Morgan fingerprint density at radius 3 is 1.57 bits per heavy atom. The molecule has 2 rings (SSSR count). The van der Waals surface area contributed by atoms with E-state index >= 15 is 0 Å². The van der Waals surface area contributed by atoms with Crippen LogP contribution in [0.2, 0.25) is 0 Å². The van der Waals surface area contributed by atoms with Crippen LogP contribution in [0.15, 0.2) is 48.6 Å². The molecule has 0 heterocycles. The van der Waals surface area contributed by atoms with Crippen molar-refractivity contribution in [1.82, 2.24) is 0 Å². The van der Waals surface area contributed by atoms with Crippen molar-refractivity contribution in [1.29, 1.82) is 0 Å². The highest BCUT2D eigenvalue weighted by Crippen LogP contribution is 2.19. The van der Waals surface area contributed by atoms with Crippen molar-refractivity contribution in [3.8, 4) is 0 Å². The minimum absolute atomic E-state index is 0.293. The highest BCUT2D eigenvalue weighted by molar-refractivity contribution is 5.15. The Kier molecular flexibility index (Phi) is 5.90. The molecular formula is C16H22O5. The van der Waals surface area contributed by atoms with E-state index in [-0.39, 0.29) is 0 Å². The van der Waals surface area contributed by atoms with Gasteiger partial charge in [0.2, 0.25) is 0 Å². The molecular weight excluding hydrogens is 272 g/mol. The van der Waals surface area contributed by atoms with Gasteiger partial charge in [0.1, 0.15) is 0 Å². The van der Waals surface area contributed by atoms with E-state index in [1.54, 1.807) is 24.3 Å². The first-order chi connectivity index (χ1) is 10.1. The van der Waals surface area contributed by atoms with Crippen molar-refractivity contribution in [2.24, 2.45) is 0 Å². The lowest BCUT2D eigenvalue weighted by Gasteiger charge is -2.26. The summed E-state index contributed by atoms with van der Waals surface area (Å²) in [5, 5.41) is 20.0. The van der Waals surface area contributed by atoms with Gasteiger partial charge in [-0.15, -0.1) is 0 Å². The number of hydrogen-bond acceptors (Lipinski definition) is 5. The van der Waals surface area contributed by atoms with Gasteiger partial charge in [0, 0.05) is 12.8 Å². The summed E-state index contributed by atoms with van der Waals surface area (Å²) in [6, 6.07) is 0. The fourth-order valence-electron chi connectivity index (χ4n) is 2.05. The Morgan fingerprint density at radius 1 is 0.714 bits per heavy atom. The van der Waals surface area contributed by atoms with Crippen molar-refractivity contribution in [3.63, 3.8) is 0 Å². The molecule has 0 aromatic heterocycles. The number of hydrogen-bond donors (Lipinski definition) is 2. The zero-order chi connectivity index (χ0) is 15.0. The summed E-state index contributed by atoms with van der Waals surface area (Å²) in [4.78, 5) is 0. The van der Waals surface area contributed by atoms with Gasteiger partial charge in [0.15, 0.2) is 11.6 Å². The smallest absolute Gasteiger partial charge is 0.189 e. The van der Waals surface area contributed by atoms with Crippen LogP contribution in [0.25, 0.3) is 0 Å². The summed E-state index contributed by atoms with van der Waals surface area (Å²) >= 11 is 0. The monoisotopic (exact) mass is 294 g/mol. The molecule has 0 saturated heterocycles. The fourth-order valence-corrected chi connectivity index (χ4v) is 2.05. The van der Waals surface area contributed by atoms with Gasteiger partial charge in [-0.25, -0.2) is 0 Å². The lowest BCUT2D eigenvalue weighted by molar-refractivity contribution is -0.183. The zero-order valence-electron chi connectivity index (χ0n) is 12.0. The number of allylic oxidation sites excluding steroid dienone is 4. The topological polar surface area (TPSA) is 68.2 Å².